The van der Waals surface area contributed by atoms with Crippen molar-refractivity contribution in [1.82, 2.24) is 25.3 Å². The monoisotopic (exact) mass is 202 g/mol. The van der Waals surface area contributed by atoms with Crippen molar-refractivity contribution in [3.63, 3.8) is 0 Å². The summed E-state index contributed by atoms with van der Waals surface area (Å²) in [7, 11) is 0. The lowest BCUT2D eigenvalue weighted by atomic mass is 10.4. The molecule has 0 aromatic carbocycles. The van der Waals surface area contributed by atoms with Crippen molar-refractivity contribution in [2.45, 2.75) is 0 Å². The van der Waals surface area contributed by atoms with E-state index in [0.29, 0.717) is 11.8 Å². The molecule has 0 fully saturated rings. The van der Waals surface area contributed by atoms with E-state index in [4.69, 9.17) is 0 Å². The second-order valence-electron chi connectivity index (χ2n) is 2.90. The van der Waals surface area contributed by atoms with E-state index in [2.05, 4.69) is 35.2 Å². The Bertz CT molecular complexity index is 539. The van der Waals surface area contributed by atoms with Crippen molar-refractivity contribution < 1.29 is 4.63 Å². The molecule has 7 nitrogen and oxygen atoms in total. The number of anilines is 2. The molecule has 0 saturated heterocycles. The van der Waals surface area contributed by atoms with Crippen LogP contribution in [0.4, 0.5) is 11.8 Å². The Morgan fingerprint density at radius 3 is 3.13 bits per heavy atom. The molecule has 2 N–H and O–H groups in total. The van der Waals surface area contributed by atoms with Crippen LogP contribution < -0.4 is 5.32 Å². The highest BCUT2D eigenvalue weighted by Crippen LogP contribution is 2.14. The first-order valence-electron chi connectivity index (χ1n) is 4.26. The van der Waals surface area contributed by atoms with Crippen LogP contribution in [0.15, 0.2) is 29.3 Å². The van der Waals surface area contributed by atoms with Crippen molar-refractivity contribution >= 4 is 22.8 Å². The standard InChI is InChI=1S/C8H6N6O/c1-2-9-3-6-5(1)11-8(12-6)13-7-4-10-15-14-7/h1-4H,(H2,11,12,13,14). The summed E-state index contributed by atoms with van der Waals surface area (Å²) in [5.41, 5.74) is 1.69. The van der Waals surface area contributed by atoms with Crippen LogP contribution in [0, 0.1) is 0 Å². The van der Waals surface area contributed by atoms with Gasteiger partial charge in [-0.25, -0.2) is 9.61 Å². The second kappa shape index (κ2) is 3.05. The van der Waals surface area contributed by atoms with E-state index in [1.807, 2.05) is 6.07 Å². The lowest BCUT2D eigenvalue weighted by molar-refractivity contribution is 0.308. The van der Waals surface area contributed by atoms with Gasteiger partial charge in [-0.05, 0) is 11.2 Å². The number of aromatic nitrogens is 5. The van der Waals surface area contributed by atoms with E-state index in [0.717, 1.165) is 11.0 Å². The van der Waals surface area contributed by atoms with Crippen molar-refractivity contribution in [2.24, 2.45) is 0 Å². The minimum absolute atomic E-state index is 0.502. The summed E-state index contributed by atoms with van der Waals surface area (Å²) >= 11 is 0. The molecule has 0 saturated carbocycles. The van der Waals surface area contributed by atoms with Crippen LogP contribution in [0.5, 0.6) is 0 Å². The predicted molar refractivity (Wildman–Crippen MR) is 51.5 cm³/mol. The summed E-state index contributed by atoms with van der Waals surface area (Å²) in [6.07, 6.45) is 4.85. The SMILES string of the molecule is c1cc2nc(Nc3cnon3)[nH]c2cn1. The van der Waals surface area contributed by atoms with Gasteiger partial charge in [0.05, 0.1) is 17.2 Å². The van der Waals surface area contributed by atoms with Crippen molar-refractivity contribution in [2.75, 3.05) is 5.32 Å². The number of aromatic amines is 1. The smallest absolute Gasteiger partial charge is 0.207 e. The molecule has 7 heteroatoms. The largest absolute Gasteiger partial charge is 0.323 e. The zero-order valence-electron chi connectivity index (χ0n) is 7.51. The Balaban J connectivity index is 1.98. The maximum atomic E-state index is 4.44. The number of pyridine rings is 1. The van der Waals surface area contributed by atoms with Crippen molar-refractivity contribution in [3.05, 3.63) is 24.7 Å². The highest BCUT2D eigenvalue weighted by atomic mass is 16.6. The molecular formula is C8H6N6O. The normalized spacial score (nSPS) is 10.7. The van der Waals surface area contributed by atoms with Gasteiger partial charge in [0.2, 0.25) is 5.95 Å². The molecule has 15 heavy (non-hydrogen) atoms. The minimum Gasteiger partial charge on any atom is -0.323 e. The predicted octanol–water partition coefficient (Wildman–Crippen LogP) is 1.08. The lowest BCUT2D eigenvalue weighted by Gasteiger charge is -1.92. The maximum absolute atomic E-state index is 4.44. The van der Waals surface area contributed by atoms with E-state index >= 15 is 0 Å². The third-order valence-electron chi connectivity index (χ3n) is 1.89. The average molecular weight is 202 g/mol. The zero-order valence-corrected chi connectivity index (χ0v) is 7.51. The zero-order chi connectivity index (χ0) is 10.1. The quantitative estimate of drug-likeness (QED) is 0.646. The summed E-state index contributed by atoms with van der Waals surface area (Å²) in [5.74, 6) is 1.08. The fraction of sp³-hybridized carbons (Fsp3) is 0. The van der Waals surface area contributed by atoms with E-state index in [-0.39, 0.29) is 0 Å². The van der Waals surface area contributed by atoms with Gasteiger partial charge in [0.25, 0.3) is 0 Å². The molecular weight excluding hydrogens is 196 g/mol. The molecule has 74 valence electrons. The van der Waals surface area contributed by atoms with Gasteiger partial charge in [0.15, 0.2) is 5.82 Å². The van der Waals surface area contributed by atoms with E-state index in [9.17, 15) is 0 Å². The Kier molecular flexibility index (Phi) is 1.61. The molecule has 3 aromatic rings. The van der Waals surface area contributed by atoms with Crippen LogP contribution >= 0.6 is 0 Å². The fourth-order valence-corrected chi connectivity index (χ4v) is 1.26. The number of rotatable bonds is 2. The highest BCUT2D eigenvalue weighted by molar-refractivity contribution is 5.76. The minimum atomic E-state index is 0.502. The van der Waals surface area contributed by atoms with Crippen LogP contribution in [0.1, 0.15) is 0 Å². The number of nitrogens with zero attached hydrogens (tertiary/aromatic N) is 4. The van der Waals surface area contributed by atoms with Gasteiger partial charge in [0.1, 0.15) is 6.20 Å². The maximum Gasteiger partial charge on any atom is 0.207 e. The number of hydrogen-bond acceptors (Lipinski definition) is 6. The van der Waals surface area contributed by atoms with E-state index in [1.165, 1.54) is 6.20 Å². The lowest BCUT2D eigenvalue weighted by Crippen LogP contribution is -1.91. The van der Waals surface area contributed by atoms with Gasteiger partial charge in [-0.3, -0.25) is 4.98 Å². The fourth-order valence-electron chi connectivity index (χ4n) is 1.26. The van der Waals surface area contributed by atoms with Crippen LogP contribution in [-0.4, -0.2) is 25.3 Å². The highest BCUT2D eigenvalue weighted by Gasteiger charge is 2.03. The van der Waals surface area contributed by atoms with Gasteiger partial charge in [-0.2, -0.15) is 0 Å². The Morgan fingerprint density at radius 1 is 1.33 bits per heavy atom. The molecule has 3 aromatic heterocycles. The first-order chi connectivity index (χ1) is 7.42. The molecule has 0 bridgehead atoms. The number of fused-ring (bicyclic) bond motifs is 1. The molecule has 0 amide bonds. The molecule has 0 spiro atoms. The third-order valence-corrected chi connectivity index (χ3v) is 1.89. The third kappa shape index (κ3) is 1.39. The second-order valence-corrected chi connectivity index (χ2v) is 2.90. The summed E-state index contributed by atoms with van der Waals surface area (Å²) in [5, 5.41) is 9.99. The first kappa shape index (κ1) is 7.92. The van der Waals surface area contributed by atoms with Gasteiger partial charge in [-0.1, -0.05) is 5.16 Å². The van der Waals surface area contributed by atoms with Crippen LogP contribution in [0.3, 0.4) is 0 Å². The number of H-pyrrole nitrogens is 1. The summed E-state index contributed by atoms with van der Waals surface area (Å²) in [4.78, 5) is 11.3. The first-order valence-corrected chi connectivity index (χ1v) is 4.26. The molecule has 0 radical (unpaired) electrons. The summed E-state index contributed by atoms with van der Waals surface area (Å²) in [6.45, 7) is 0. The van der Waals surface area contributed by atoms with Gasteiger partial charge >= 0.3 is 0 Å². The molecule has 0 aliphatic carbocycles. The molecule has 3 heterocycles. The molecule has 0 aliphatic heterocycles. The Morgan fingerprint density at radius 2 is 2.33 bits per heavy atom. The Labute approximate surface area is 83.5 Å². The molecule has 0 atom stereocenters. The molecule has 0 unspecified atom stereocenters. The van der Waals surface area contributed by atoms with Crippen molar-refractivity contribution in [3.8, 4) is 0 Å². The van der Waals surface area contributed by atoms with E-state index in [1.54, 1.807) is 12.4 Å². The van der Waals surface area contributed by atoms with Gasteiger partial charge < -0.3 is 10.3 Å². The molecule has 0 aliphatic rings. The van der Waals surface area contributed by atoms with Gasteiger partial charge in [0, 0.05) is 6.20 Å². The van der Waals surface area contributed by atoms with Crippen LogP contribution in [0.2, 0.25) is 0 Å². The van der Waals surface area contributed by atoms with Crippen LogP contribution in [-0.2, 0) is 0 Å². The Hall–Kier alpha value is -2.44. The van der Waals surface area contributed by atoms with E-state index < -0.39 is 0 Å². The number of hydrogen-bond donors (Lipinski definition) is 2. The number of imidazole rings is 1. The topological polar surface area (TPSA) is 92.5 Å². The number of nitrogens with one attached hydrogen (secondary N) is 2. The van der Waals surface area contributed by atoms with Crippen LogP contribution in [0.25, 0.3) is 11.0 Å². The summed E-state index contributed by atoms with van der Waals surface area (Å²) < 4.78 is 4.44. The molecule has 3 rings (SSSR count). The van der Waals surface area contributed by atoms with Crippen molar-refractivity contribution in [1.29, 1.82) is 0 Å². The average Bonchev–Trinajstić information content (AvgIpc) is 2.86. The summed E-state index contributed by atoms with van der Waals surface area (Å²) in [6, 6.07) is 1.82. The van der Waals surface area contributed by atoms with Gasteiger partial charge in [-0.15, -0.1) is 0 Å².